The number of carbonyl (C=O) groups is 2. The second kappa shape index (κ2) is 20.0. The first-order chi connectivity index (χ1) is 20.7. The Hall–Kier alpha value is -2.09. The second-order valence-electron chi connectivity index (χ2n) is 9.15. The van der Waals surface area contributed by atoms with Crippen LogP contribution in [0.5, 0.6) is 0 Å². The van der Waals surface area contributed by atoms with Gasteiger partial charge in [0.1, 0.15) is 0 Å². The SMILES string of the molecule is O=C(NCCSOO[O-])C(=O)N(CCP(c1ccccc1)c1ccccc1)CCP(c1ccccc1)c1ccccc1.[Na+]. The Morgan fingerprint density at radius 1 is 0.674 bits per heavy atom. The maximum atomic E-state index is 13.5. The minimum absolute atomic E-state index is 0. The molecule has 218 valence electrons. The van der Waals surface area contributed by atoms with Crippen LogP contribution < -0.4 is 61.3 Å². The first-order valence-corrected chi connectivity index (χ1v) is 17.5. The van der Waals surface area contributed by atoms with Crippen molar-refractivity contribution in [2.24, 2.45) is 0 Å². The van der Waals surface area contributed by atoms with Gasteiger partial charge in [0.2, 0.25) is 0 Å². The predicted molar refractivity (Wildman–Crippen MR) is 172 cm³/mol. The van der Waals surface area contributed by atoms with Crippen LogP contribution in [-0.4, -0.2) is 54.4 Å². The van der Waals surface area contributed by atoms with E-state index in [1.807, 2.05) is 72.8 Å². The monoisotopic (exact) mass is 642 g/mol. The first kappa shape index (κ1) is 35.4. The van der Waals surface area contributed by atoms with Crippen LogP contribution in [0.2, 0.25) is 0 Å². The summed E-state index contributed by atoms with van der Waals surface area (Å²) in [5.41, 5.74) is 0. The summed E-state index contributed by atoms with van der Waals surface area (Å²) >= 11 is 0.765. The Bertz CT molecular complexity index is 1200. The average Bonchev–Trinajstić information content (AvgIpc) is 3.05. The third kappa shape index (κ3) is 11.4. The summed E-state index contributed by atoms with van der Waals surface area (Å²) in [5.74, 6) is -0.971. The molecule has 43 heavy (non-hydrogen) atoms. The van der Waals surface area contributed by atoms with Gasteiger partial charge in [0.15, 0.2) is 0 Å². The second-order valence-corrected chi connectivity index (χ2v) is 14.6. The largest absolute Gasteiger partial charge is 1.00 e. The summed E-state index contributed by atoms with van der Waals surface area (Å²) in [7, 11) is -1.49. The van der Waals surface area contributed by atoms with E-state index in [4.69, 9.17) is 0 Å². The number of hydrogen-bond acceptors (Lipinski definition) is 6. The van der Waals surface area contributed by atoms with Crippen molar-refractivity contribution < 1.29 is 53.8 Å². The molecule has 0 radical (unpaired) electrons. The zero-order chi connectivity index (χ0) is 29.4. The number of nitrogens with zero attached hydrogens (tertiary/aromatic N) is 1. The van der Waals surface area contributed by atoms with Crippen LogP contribution in [0.4, 0.5) is 0 Å². The van der Waals surface area contributed by atoms with Crippen molar-refractivity contribution in [3.05, 3.63) is 121 Å². The molecular weight excluding hydrogens is 609 g/mol. The summed E-state index contributed by atoms with van der Waals surface area (Å²) in [6.07, 6.45) is 1.45. The fourth-order valence-electron chi connectivity index (χ4n) is 4.48. The normalized spacial score (nSPS) is 10.8. The Morgan fingerprint density at radius 3 is 1.40 bits per heavy atom. The molecule has 0 atom stereocenters. The van der Waals surface area contributed by atoms with Crippen molar-refractivity contribution >= 4 is 60.9 Å². The Kier molecular flexibility index (Phi) is 16.5. The molecule has 0 aromatic heterocycles. The zero-order valence-corrected chi connectivity index (χ0v) is 28.7. The van der Waals surface area contributed by atoms with Gasteiger partial charge in [-0.1, -0.05) is 121 Å². The molecule has 0 bridgehead atoms. The van der Waals surface area contributed by atoms with Crippen molar-refractivity contribution in [2.75, 3.05) is 37.7 Å². The summed E-state index contributed by atoms with van der Waals surface area (Å²) in [6.45, 7) is 1.04. The van der Waals surface area contributed by atoms with Crippen LogP contribution in [-0.2, 0) is 19.0 Å². The van der Waals surface area contributed by atoms with E-state index in [0.717, 1.165) is 24.4 Å². The van der Waals surface area contributed by atoms with E-state index in [1.54, 1.807) is 4.90 Å². The van der Waals surface area contributed by atoms with Gasteiger partial charge in [-0.15, -0.1) is 0 Å². The molecule has 0 heterocycles. The van der Waals surface area contributed by atoms with Crippen molar-refractivity contribution in [3.63, 3.8) is 0 Å². The number of amides is 2. The number of carbonyl (C=O) groups excluding carboxylic acids is 2. The fourth-order valence-corrected chi connectivity index (χ4v) is 9.41. The van der Waals surface area contributed by atoms with E-state index in [1.165, 1.54) is 21.2 Å². The molecule has 4 rings (SSSR count). The average molecular weight is 643 g/mol. The van der Waals surface area contributed by atoms with Gasteiger partial charge in [-0.3, -0.25) is 14.6 Å². The maximum absolute atomic E-state index is 13.5. The van der Waals surface area contributed by atoms with E-state index < -0.39 is 27.7 Å². The summed E-state index contributed by atoms with van der Waals surface area (Å²) in [5, 5.41) is 20.9. The Labute approximate surface area is 282 Å². The number of benzene rings is 4. The van der Waals surface area contributed by atoms with Crippen LogP contribution in [0.1, 0.15) is 0 Å². The number of nitrogens with one attached hydrogen (secondary N) is 1. The van der Waals surface area contributed by atoms with Gasteiger partial charge in [-0.2, -0.15) is 4.33 Å². The topological polar surface area (TPSA) is 90.9 Å². The van der Waals surface area contributed by atoms with Gasteiger partial charge in [-0.25, -0.2) is 0 Å². The van der Waals surface area contributed by atoms with Crippen molar-refractivity contribution in [1.29, 1.82) is 0 Å². The summed E-state index contributed by atoms with van der Waals surface area (Å²) in [6, 6.07) is 41.4. The van der Waals surface area contributed by atoms with Gasteiger partial charge < -0.3 is 15.5 Å². The smallest absolute Gasteiger partial charge is 0.691 e. The van der Waals surface area contributed by atoms with E-state index in [0.29, 0.717) is 13.1 Å². The summed E-state index contributed by atoms with van der Waals surface area (Å²) in [4.78, 5) is 28.2. The third-order valence-electron chi connectivity index (χ3n) is 6.49. The fraction of sp³-hybridized carbons (Fsp3) is 0.188. The molecule has 0 saturated carbocycles. The van der Waals surface area contributed by atoms with Crippen molar-refractivity contribution in [2.45, 2.75) is 0 Å². The molecule has 7 nitrogen and oxygen atoms in total. The molecular formula is C32H33N2NaO5P2S. The molecule has 0 saturated heterocycles. The van der Waals surface area contributed by atoms with E-state index in [2.05, 4.69) is 63.2 Å². The van der Waals surface area contributed by atoms with E-state index in [-0.39, 0.29) is 41.9 Å². The van der Waals surface area contributed by atoms with Crippen molar-refractivity contribution in [3.8, 4) is 0 Å². The molecule has 0 aliphatic rings. The molecule has 4 aromatic carbocycles. The molecule has 0 fully saturated rings. The number of hydrogen-bond donors (Lipinski definition) is 1. The molecule has 0 aliphatic carbocycles. The molecule has 2 amide bonds. The van der Waals surface area contributed by atoms with E-state index >= 15 is 0 Å². The van der Waals surface area contributed by atoms with Crippen LogP contribution in [0.3, 0.4) is 0 Å². The molecule has 0 unspecified atom stereocenters. The minimum atomic E-state index is -0.743. The Morgan fingerprint density at radius 2 is 1.05 bits per heavy atom. The molecule has 11 heteroatoms. The summed E-state index contributed by atoms with van der Waals surface area (Å²) < 4.78 is 4.24. The maximum Gasteiger partial charge on any atom is 1.00 e. The standard InChI is InChI=1S/C32H34N2O5P2S.Na/c35-31(33-21-26-42-39-38-37)32(36)34(22-24-40(27-13-5-1-6-14-27)28-15-7-2-8-16-28)23-25-41(29-17-9-3-10-18-29)30-19-11-4-12-20-30;/h1-20,37H,21-26H2,(H,33,35);/q;+1/p-1. The molecule has 1 N–H and O–H groups in total. The Balaban J connectivity index is 0.00000506. The van der Waals surface area contributed by atoms with Gasteiger partial charge in [-0.05, 0) is 49.4 Å². The van der Waals surface area contributed by atoms with Crippen LogP contribution in [0, 0.1) is 0 Å². The van der Waals surface area contributed by atoms with Gasteiger partial charge >= 0.3 is 41.4 Å². The minimum Gasteiger partial charge on any atom is -0.691 e. The van der Waals surface area contributed by atoms with Crippen LogP contribution >= 0.6 is 27.9 Å². The van der Waals surface area contributed by atoms with Gasteiger partial charge in [0, 0.05) is 37.4 Å². The molecule has 0 aliphatic heterocycles. The third-order valence-corrected chi connectivity index (χ3v) is 12.0. The molecule has 4 aromatic rings. The zero-order valence-electron chi connectivity index (χ0n) is 24.1. The van der Waals surface area contributed by atoms with Gasteiger partial charge in [0.05, 0.1) is 0 Å². The predicted octanol–water partition coefficient (Wildman–Crippen LogP) is 0.0727. The van der Waals surface area contributed by atoms with Crippen LogP contribution in [0.15, 0.2) is 121 Å². The van der Waals surface area contributed by atoms with Crippen molar-refractivity contribution in [1.82, 2.24) is 10.2 Å². The van der Waals surface area contributed by atoms with Gasteiger partial charge in [0.25, 0.3) is 0 Å². The first-order valence-electron chi connectivity index (χ1n) is 13.6. The molecule has 0 spiro atoms. The van der Waals surface area contributed by atoms with Crippen LogP contribution in [0.25, 0.3) is 0 Å². The quantitative estimate of drug-likeness (QED) is 0.0376. The van der Waals surface area contributed by atoms with E-state index in [9.17, 15) is 14.8 Å². The number of rotatable bonds is 15.